The van der Waals surface area contributed by atoms with Crippen LogP contribution in [0.5, 0.6) is 5.75 Å². The third-order valence-corrected chi connectivity index (χ3v) is 3.50. The van der Waals surface area contributed by atoms with Crippen molar-refractivity contribution in [1.29, 1.82) is 0 Å². The van der Waals surface area contributed by atoms with Gasteiger partial charge in [0.15, 0.2) is 0 Å². The molecule has 0 spiro atoms. The van der Waals surface area contributed by atoms with E-state index in [1.54, 1.807) is 19.2 Å². The molecule has 0 bridgehead atoms. The molecule has 2 rings (SSSR count). The Morgan fingerprint density at radius 2 is 2.16 bits per heavy atom. The minimum absolute atomic E-state index is 0.101. The zero-order chi connectivity index (χ0) is 13.8. The van der Waals surface area contributed by atoms with Crippen LogP contribution in [0.25, 0.3) is 0 Å². The Morgan fingerprint density at radius 1 is 1.47 bits per heavy atom. The van der Waals surface area contributed by atoms with Crippen LogP contribution in [0.2, 0.25) is 0 Å². The molecule has 1 aromatic rings. The number of piperidine rings is 1. The van der Waals surface area contributed by atoms with Gasteiger partial charge in [0.05, 0.1) is 12.0 Å². The molecule has 0 unspecified atom stereocenters. The van der Waals surface area contributed by atoms with Crippen LogP contribution in [-0.4, -0.2) is 36.1 Å². The molecule has 0 radical (unpaired) electrons. The number of methoxy groups -OCH3 is 1. The Labute approximate surface area is 112 Å². The zero-order valence-corrected chi connectivity index (χ0v) is 11.0. The van der Waals surface area contributed by atoms with E-state index in [2.05, 4.69) is 4.90 Å². The topological polar surface area (TPSA) is 81.6 Å². The highest BCUT2D eigenvalue weighted by atomic mass is 16.6. The quantitative estimate of drug-likeness (QED) is 0.659. The first-order valence-corrected chi connectivity index (χ1v) is 6.39. The molecule has 104 valence electrons. The van der Waals surface area contributed by atoms with E-state index >= 15 is 0 Å². The molecule has 1 fully saturated rings. The zero-order valence-electron chi connectivity index (χ0n) is 11.0. The lowest BCUT2D eigenvalue weighted by atomic mass is 10.0. The Bertz CT molecular complexity index is 456. The molecule has 0 saturated carbocycles. The van der Waals surface area contributed by atoms with Crippen LogP contribution in [0.15, 0.2) is 18.2 Å². The summed E-state index contributed by atoms with van der Waals surface area (Å²) in [4.78, 5) is 12.7. The van der Waals surface area contributed by atoms with E-state index in [4.69, 9.17) is 10.5 Å². The van der Waals surface area contributed by atoms with Gasteiger partial charge in [0.1, 0.15) is 5.75 Å². The standard InChI is InChI=1S/C13H19N3O3/c1-19-13-3-2-12(16(17)18)8-10(13)9-15-6-4-11(14)5-7-15/h2-3,8,11H,4-7,9,14H2,1H3. The highest BCUT2D eigenvalue weighted by molar-refractivity contribution is 5.43. The number of hydrogen-bond acceptors (Lipinski definition) is 5. The number of benzene rings is 1. The number of nitrogens with two attached hydrogens (primary N) is 1. The first-order valence-electron chi connectivity index (χ1n) is 6.39. The van der Waals surface area contributed by atoms with Gasteiger partial charge in [0, 0.05) is 30.3 Å². The number of ether oxygens (including phenoxy) is 1. The SMILES string of the molecule is COc1ccc([N+](=O)[O-])cc1CN1CCC(N)CC1. The summed E-state index contributed by atoms with van der Waals surface area (Å²) in [5, 5.41) is 10.8. The van der Waals surface area contributed by atoms with Gasteiger partial charge in [0.2, 0.25) is 0 Å². The molecule has 0 atom stereocenters. The fourth-order valence-corrected chi connectivity index (χ4v) is 2.35. The molecule has 19 heavy (non-hydrogen) atoms. The van der Waals surface area contributed by atoms with Crippen molar-refractivity contribution < 1.29 is 9.66 Å². The van der Waals surface area contributed by atoms with Crippen molar-refractivity contribution in [2.75, 3.05) is 20.2 Å². The van der Waals surface area contributed by atoms with E-state index in [0.29, 0.717) is 12.3 Å². The summed E-state index contributed by atoms with van der Waals surface area (Å²) in [5.41, 5.74) is 6.82. The summed E-state index contributed by atoms with van der Waals surface area (Å²) >= 11 is 0. The van der Waals surface area contributed by atoms with Gasteiger partial charge in [0.25, 0.3) is 5.69 Å². The van der Waals surface area contributed by atoms with Gasteiger partial charge >= 0.3 is 0 Å². The molecule has 6 heteroatoms. The van der Waals surface area contributed by atoms with Gasteiger partial charge in [-0.2, -0.15) is 0 Å². The average Bonchev–Trinajstić information content (AvgIpc) is 2.41. The molecule has 1 heterocycles. The van der Waals surface area contributed by atoms with Crippen LogP contribution in [0, 0.1) is 10.1 Å². The van der Waals surface area contributed by atoms with E-state index in [1.165, 1.54) is 6.07 Å². The van der Waals surface area contributed by atoms with Gasteiger partial charge in [-0.25, -0.2) is 0 Å². The predicted molar refractivity (Wildman–Crippen MR) is 72.1 cm³/mol. The lowest BCUT2D eigenvalue weighted by molar-refractivity contribution is -0.385. The summed E-state index contributed by atoms with van der Waals surface area (Å²) < 4.78 is 5.27. The van der Waals surface area contributed by atoms with Crippen LogP contribution in [-0.2, 0) is 6.54 Å². The van der Waals surface area contributed by atoms with Crippen molar-refractivity contribution in [2.45, 2.75) is 25.4 Å². The van der Waals surface area contributed by atoms with Crippen molar-refractivity contribution in [3.63, 3.8) is 0 Å². The minimum atomic E-state index is -0.380. The first kappa shape index (κ1) is 13.8. The second-order valence-corrected chi connectivity index (χ2v) is 4.87. The lowest BCUT2D eigenvalue weighted by Crippen LogP contribution is -2.39. The Morgan fingerprint density at radius 3 is 2.74 bits per heavy atom. The maximum Gasteiger partial charge on any atom is 0.270 e. The van der Waals surface area contributed by atoms with Crippen LogP contribution in [0.1, 0.15) is 18.4 Å². The van der Waals surface area contributed by atoms with Gasteiger partial charge in [-0.1, -0.05) is 0 Å². The van der Waals surface area contributed by atoms with Gasteiger partial charge in [-0.15, -0.1) is 0 Å². The number of nitrogens with zero attached hydrogens (tertiary/aromatic N) is 2. The largest absolute Gasteiger partial charge is 0.496 e. The molecule has 0 aliphatic carbocycles. The van der Waals surface area contributed by atoms with Crippen molar-refractivity contribution in [1.82, 2.24) is 4.90 Å². The Balaban J connectivity index is 2.13. The third kappa shape index (κ3) is 3.42. The number of rotatable bonds is 4. The molecule has 1 aliphatic heterocycles. The molecule has 0 amide bonds. The van der Waals surface area contributed by atoms with Crippen LogP contribution in [0.3, 0.4) is 0 Å². The number of likely N-dealkylation sites (tertiary alicyclic amines) is 1. The number of hydrogen-bond donors (Lipinski definition) is 1. The van der Waals surface area contributed by atoms with Crippen LogP contribution >= 0.6 is 0 Å². The van der Waals surface area contributed by atoms with Crippen LogP contribution in [0.4, 0.5) is 5.69 Å². The lowest BCUT2D eigenvalue weighted by Gasteiger charge is -2.30. The van der Waals surface area contributed by atoms with Crippen molar-refractivity contribution in [3.8, 4) is 5.75 Å². The van der Waals surface area contributed by atoms with Gasteiger partial charge in [-0.05, 0) is 32.0 Å². The summed E-state index contributed by atoms with van der Waals surface area (Å²) in [6.07, 6.45) is 1.94. The molecule has 1 saturated heterocycles. The fraction of sp³-hybridized carbons (Fsp3) is 0.538. The molecule has 0 aromatic heterocycles. The predicted octanol–water partition coefficient (Wildman–Crippen LogP) is 1.53. The molecule has 2 N–H and O–H groups in total. The highest BCUT2D eigenvalue weighted by Gasteiger charge is 2.19. The molecule has 6 nitrogen and oxygen atoms in total. The summed E-state index contributed by atoms with van der Waals surface area (Å²) in [6.45, 7) is 2.51. The van der Waals surface area contributed by atoms with E-state index < -0.39 is 0 Å². The van der Waals surface area contributed by atoms with Crippen molar-refractivity contribution in [2.24, 2.45) is 5.73 Å². The first-order chi connectivity index (χ1) is 9.10. The van der Waals surface area contributed by atoms with E-state index in [-0.39, 0.29) is 16.7 Å². The van der Waals surface area contributed by atoms with Gasteiger partial charge < -0.3 is 10.5 Å². The summed E-state index contributed by atoms with van der Waals surface area (Å²) in [6, 6.07) is 4.99. The number of nitro groups is 1. The molecule has 1 aliphatic rings. The Kier molecular flexibility index (Phi) is 4.34. The van der Waals surface area contributed by atoms with Crippen molar-refractivity contribution in [3.05, 3.63) is 33.9 Å². The maximum absolute atomic E-state index is 10.8. The number of non-ortho nitro benzene ring substituents is 1. The smallest absolute Gasteiger partial charge is 0.270 e. The van der Waals surface area contributed by atoms with E-state index in [1.807, 2.05) is 0 Å². The highest BCUT2D eigenvalue weighted by Crippen LogP contribution is 2.26. The molecular weight excluding hydrogens is 246 g/mol. The van der Waals surface area contributed by atoms with E-state index in [9.17, 15) is 10.1 Å². The normalized spacial score (nSPS) is 17.4. The maximum atomic E-state index is 10.8. The third-order valence-electron chi connectivity index (χ3n) is 3.50. The molecule has 1 aromatic carbocycles. The average molecular weight is 265 g/mol. The summed E-state index contributed by atoms with van der Waals surface area (Å²) in [7, 11) is 1.58. The Hall–Kier alpha value is -1.66. The monoisotopic (exact) mass is 265 g/mol. The summed E-state index contributed by atoms with van der Waals surface area (Å²) in [5.74, 6) is 0.695. The second kappa shape index (κ2) is 5.99. The number of nitro benzene ring substituents is 1. The minimum Gasteiger partial charge on any atom is -0.496 e. The van der Waals surface area contributed by atoms with E-state index in [0.717, 1.165) is 31.5 Å². The fourth-order valence-electron chi connectivity index (χ4n) is 2.35. The van der Waals surface area contributed by atoms with Crippen molar-refractivity contribution >= 4 is 5.69 Å². The molecular formula is C13H19N3O3. The van der Waals surface area contributed by atoms with Gasteiger partial charge in [-0.3, -0.25) is 15.0 Å². The van der Waals surface area contributed by atoms with Crippen LogP contribution < -0.4 is 10.5 Å². The second-order valence-electron chi connectivity index (χ2n) is 4.87.